The van der Waals surface area contributed by atoms with Gasteiger partial charge in [-0.3, -0.25) is 4.79 Å². The van der Waals surface area contributed by atoms with Gasteiger partial charge in [0.05, 0.1) is 13.0 Å². The summed E-state index contributed by atoms with van der Waals surface area (Å²) in [6, 6.07) is 15.5. The minimum atomic E-state index is -0.616. The Morgan fingerprint density at radius 3 is 2.65 bits per heavy atom. The number of benzene rings is 2. The lowest BCUT2D eigenvalue weighted by Crippen LogP contribution is -2.31. The lowest BCUT2D eigenvalue weighted by molar-refractivity contribution is -0.136. The Bertz CT molecular complexity index is 1080. The second-order valence-corrected chi connectivity index (χ2v) is 7.76. The minimum Gasteiger partial charge on any atom is -0.489 e. The van der Waals surface area contributed by atoms with Crippen LogP contribution in [0.25, 0.3) is 0 Å². The average molecular weight is 419 g/mol. The molecule has 160 valence electrons. The first kappa shape index (κ1) is 20.7. The van der Waals surface area contributed by atoms with Crippen molar-refractivity contribution >= 4 is 11.8 Å². The Morgan fingerprint density at radius 2 is 1.94 bits per heavy atom. The van der Waals surface area contributed by atoms with Crippen LogP contribution in [0.2, 0.25) is 0 Å². The third-order valence-corrected chi connectivity index (χ3v) is 5.59. The molecular formula is C25H25NO5. The minimum absolute atomic E-state index is 0.00919. The topological polar surface area (TPSA) is 87.9 Å². The first-order valence-electron chi connectivity index (χ1n) is 10.3. The summed E-state index contributed by atoms with van der Waals surface area (Å²) in [5, 5.41) is 0. The van der Waals surface area contributed by atoms with Crippen LogP contribution in [0.4, 0.5) is 0 Å². The number of esters is 1. The predicted octanol–water partition coefficient (Wildman–Crippen LogP) is 4.04. The molecule has 1 aliphatic heterocycles. The lowest BCUT2D eigenvalue weighted by atomic mass is 9.77. The van der Waals surface area contributed by atoms with E-state index in [0.717, 1.165) is 11.1 Å². The maximum absolute atomic E-state index is 12.8. The van der Waals surface area contributed by atoms with Gasteiger partial charge >= 0.3 is 5.97 Å². The number of nitrogens with two attached hydrogens (primary N) is 1. The molecule has 1 aliphatic carbocycles. The number of rotatable bonds is 5. The maximum Gasteiger partial charge on any atom is 0.340 e. The second kappa shape index (κ2) is 8.68. The van der Waals surface area contributed by atoms with E-state index in [1.165, 1.54) is 12.7 Å². The van der Waals surface area contributed by atoms with Gasteiger partial charge in [0.2, 0.25) is 5.88 Å². The van der Waals surface area contributed by atoms with Gasteiger partial charge in [-0.05, 0) is 36.6 Å². The predicted molar refractivity (Wildman–Crippen MR) is 115 cm³/mol. The van der Waals surface area contributed by atoms with Gasteiger partial charge in [-0.1, -0.05) is 42.0 Å². The van der Waals surface area contributed by atoms with Crippen molar-refractivity contribution in [1.82, 2.24) is 0 Å². The average Bonchev–Trinajstić information content (AvgIpc) is 2.77. The fourth-order valence-electron chi connectivity index (χ4n) is 4.12. The van der Waals surface area contributed by atoms with Gasteiger partial charge in [0.1, 0.15) is 23.7 Å². The van der Waals surface area contributed by atoms with Crippen LogP contribution in [0, 0.1) is 6.92 Å². The molecule has 2 N–H and O–H groups in total. The van der Waals surface area contributed by atoms with Crippen molar-refractivity contribution in [2.75, 3.05) is 7.11 Å². The largest absolute Gasteiger partial charge is 0.489 e. The molecule has 0 spiro atoms. The van der Waals surface area contributed by atoms with Crippen molar-refractivity contribution in [3.05, 3.63) is 88.0 Å². The fraction of sp³-hybridized carbons (Fsp3) is 0.280. The summed E-state index contributed by atoms with van der Waals surface area (Å²) in [5.74, 6) is -0.0174. The van der Waals surface area contributed by atoms with Gasteiger partial charge in [0, 0.05) is 18.4 Å². The molecule has 1 atom stereocenters. The third-order valence-electron chi connectivity index (χ3n) is 5.59. The maximum atomic E-state index is 12.8. The normalized spacial score (nSPS) is 18.4. The van der Waals surface area contributed by atoms with Crippen LogP contribution in [-0.2, 0) is 25.7 Å². The highest BCUT2D eigenvalue weighted by Gasteiger charge is 2.41. The van der Waals surface area contributed by atoms with Crippen molar-refractivity contribution in [2.45, 2.75) is 38.7 Å². The Hall–Kier alpha value is -3.54. The second-order valence-electron chi connectivity index (χ2n) is 7.76. The number of ether oxygens (including phenoxy) is 3. The van der Waals surface area contributed by atoms with Crippen LogP contribution < -0.4 is 10.5 Å². The third kappa shape index (κ3) is 4.19. The molecule has 0 saturated heterocycles. The highest BCUT2D eigenvalue weighted by Crippen LogP contribution is 2.44. The molecule has 1 heterocycles. The van der Waals surface area contributed by atoms with E-state index in [9.17, 15) is 9.59 Å². The zero-order valence-electron chi connectivity index (χ0n) is 17.6. The number of hydrogen-bond donors (Lipinski definition) is 1. The van der Waals surface area contributed by atoms with E-state index >= 15 is 0 Å². The molecule has 0 aromatic heterocycles. The molecule has 0 saturated carbocycles. The fourth-order valence-corrected chi connectivity index (χ4v) is 4.12. The van der Waals surface area contributed by atoms with E-state index in [1.54, 1.807) is 0 Å². The number of methoxy groups -OCH3 is 1. The molecular weight excluding hydrogens is 394 g/mol. The van der Waals surface area contributed by atoms with E-state index in [-0.39, 0.29) is 17.2 Å². The van der Waals surface area contributed by atoms with Gasteiger partial charge in [-0.15, -0.1) is 0 Å². The first-order valence-corrected chi connectivity index (χ1v) is 10.3. The monoisotopic (exact) mass is 419 g/mol. The molecule has 0 bridgehead atoms. The summed E-state index contributed by atoms with van der Waals surface area (Å²) in [4.78, 5) is 25.2. The van der Waals surface area contributed by atoms with Crippen LogP contribution in [-0.4, -0.2) is 18.9 Å². The lowest BCUT2D eigenvalue weighted by Gasteiger charge is -2.32. The van der Waals surface area contributed by atoms with E-state index in [2.05, 4.69) is 6.07 Å². The Morgan fingerprint density at radius 1 is 1.16 bits per heavy atom. The number of Topliss-reactive ketones (excluding diaryl/α,β-unsaturated/α-hetero) is 1. The zero-order chi connectivity index (χ0) is 22.0. The van der Waals surface area contributed by atoms with Crippen molar-refractivity contribution < 1.29 is 23.8 Å². The molecule has 4 rings (SSSR count). The van der Waals surface area contributed by atoms with Crippen molar-refractivity contribution in [3.63, 3.8) is 0 Å². The molecule has 2 aliphatic rings. The van der Waals surface area contributed by atoms with E-state index in [4.69, 9.17) is 19.9 Å². The van der Waals surface area contributed by atoms with E-state index in [1.807, 2.05) is 49.4 Å². The van der Waals surface area contributed by atoms with Crippen LogP contribution >= 0.6 is 0 Å². The zero-order valence-corrected chi connectivity index (χ0v) is 17.6. The number of ketones is 1. The molecule has 2 aromatic carbocycles. The molecule has 6 heteroatoms. The summed E-state index contributed by atoms with van der Waals surface area (Å²) in [5.41, 5.74) is 9.75. The highest BCUT2D eigenvalue weighted by molar-refractivity contribution is 6.03. The van der Waals surface area contributed by atoms with Crippen molar-refractivity contribution in [1.29, 1.82) is 0 Å². The molecule has 31 heavy (non-hydrogen) atoms. The summed E-state index contributed by atoms with van der Waals surface area (Å²) in [6.45, 7) is 2.49. The Labute approximate surface area is 181 Å². The van der Waals surface area contributed by atoms with E-state index < -0.39 is 11.9 Å². The SMILES string of the molecule is COC(=O)C1=C(N)OC2=C(C(=O)CCC2)[C@H]1c1ccc(OCc2cccc(C)c2)cc1. The van der Waals surface area contributed by atoms with Gasteiger partial charge in [0.25, 0.3) is 0 Å². The molecule has 0 amide bonds. The number of allylic oxidation sites excluding steroid dienone is 2. The summed E-state index contributed by atoms with van der Waals surface area (Å²) >= 11 is 0. The van der Waals surface area contributed by atoms with Gasteiger partial charge in [-0.25, -0.2) is 4.79 Å². The number of aryl methyl sites for hydroxylation is 1. The standard InChI is InChI=1S/C25H25NO5/c1-15-5-3-6-16(13-15)14-30-18-11-9-17(10-12-18)21-22-19(27)7-4-8-20(22)31-24(26)23(21)25(28)29-2/h3,5-6,9-13,21H,4,7-8,14,26H2,1-2H3/t21-/m1/s1. The number of carbonyl (C=O) groups excluding carboxylic acids is 2. The summed E-state index contributed by atoms with van der Waals surface area (Å²) in [6.07, 6.45) is 1.74. The Kier molecular flexibility index (Phi) is 5.80. The van der Waals surface area contributed by atoms with Crippen LogP contribution in [0.5, 0.6) is 5.75 Å². The van der Waals surface area contributed by atoms with Crippen molar-refractivity contribution in [2.24, 2.45) is 5.73 Å². The molecule has 0 fully saturated rings. The molecule has 2 aromatic rings. The van der Waals surface area contributed by atoms with Crippen LogP contribution in [0.15, 0.2) is 71.3 Å². The number of carbonyl (C=O) groups is 2. The van der Waals surface area contributed by atoms with Crippen LogP contribution in [0.1, 0.15) is 41.9 Å². The molecule has 0 unspecified atom stereocenters. The highest BCUT2D eigenvalue weighted by atomic mass is 16.5. The first-order chi connectivity index (χ1) is 15.0. The summed E-state index contributed by atoms with van der Waals surface area (Å²) in [7, 11) is 1.29. The van der Waals surface area contributed by atoms with Gasteiger partial charge in [-0.2, -0.15) is 0 Å². The molecule has 6 nitrogen and oxygen atoms in total. The van der Waals surface area contributed by atoms with E-state index in [0.29, 0.717) is 43.0 Å². The summed E-state index contributed by atoms with van der Waals surface area (Å²) < 4.78 is 16.5. The Balaban J connectivity index is 1.63. The quantitative estimate of drug-likeness (QED) is 0.736. The molecule has 0 radical (unpaired) electrons. The van der Waals surface area contributed by atoms with Crippen LogP contribution in [0.3, 0.4) is 0 Å². The smallest absolute Gasteiger partial charge is 0.340 e. The van der Waals surface area contributed by atoms with Gasteiger partial charge in [0.15, 0.2) is 5.78 Å². The van der Waals surface area contributed by atoms with Gasteiger partial charge < -0.3 is 19.9 Å². The number of hydrogen-bond acceptors (Lipinski definition) is 6. The van der Waals surface area contributed by atoms with Crippen molar-refractivity contribution in [3.8, 4) is 5.75 Å².